The fourth-order valence-electron chi connectivity index (χ4n) is 3.94. The van der Waals surface area contributed by atoms with E-state index in [1.165, 1.54) is 12.1 Å². The minimum Gasteiger partial charge on any atom is -0.361 e. The Morgan fingerprint density at radius 1 is 1.15 bits per heavy atom. The minimum atomic E-state index is -4.48. The van der Waals surface area contributed by atoms with Gasteiger partial charge in [0.2, 0.25) is 0 Å². The van der Waals surface area contributed by atoms with Gasteiger partial charge in [-0.3, -0.25) is 4.79 Å². The van der Waals surface area contributed by atoms with E-state index in [1.807, 2.05) is 0 Å². The van der Waals surface area contributed by atoms with Gasteiger partial charge in [0.05, 0.1) is 6.42 Å². The van der Waals surface area contributed by atoms with Crippen LogP contribution in [0.2, 0.25) is 0 Å². The van der Waals surface area contributed by atoms with Crippen LogP contribution in [0.3, 0.4) is 0 Å². The number of halogens is 4. The van der Waals surface area contributed by atoms with E-state index in [1.54, 1.807) is 11.8 Å². The molecule has 0 amide bonds. The molecule has 0 fully saturated rings. The van der Waals surface area contributed by atoms with Crippen molar-refractivity contribution in [2.24, 2.45) is 0 Å². The fraction of sp³-hybridized carbons (Fsp3) is 0.421. The zero-order valence-electron chi connectivity index (χ0n) is 13.9. The number of rotatable bonds is 2. The number of Topliss-reactive ketones (excluding diaryl/α,β-unsaturated/α-hetero) is 1. The number of carbonyl (C=O) groups is 1. The second kappa shape index (κ2) is 6.44. The van der Waals surface area contributed by atoms with E-state index in [4.69, 9.17) is 0 Å². The van der Waals surface area contributed by atoms with Crippen molar-refractivity contribution < 1.29 is 22.4 Å². The first-order valence-electron chi connectivity index (χ1n) is 8.57. The minimum absolute atomic E-state index is 0.0319. The molecule has 1 N–H and O–H groups in total. The lowest BCUT2D eigenvalue weighted by molar-refractivity contribution is -0.127. The van der Waals surface area contributed by atoms with Crippen LogP contribution < -0.4 is 5.32 Å². The summed E-state index contributed by atoms with van der Waals surface area (Å²) in [6.45, 7) is 0. The molecule has 4 rings (SSSR count). The molecule has 2 heterocycles. The molecule has 0 radical (unpaired) electrons. The Labute approximate surface area is 152 Å². The molecule has 1 atom stereocenters. The second-order valence-electron chi connectivity index (χ2n) is 6.81. The van der Waals surface area contributed by atoms with Gasteiger partial charge in [-0.25, -0.2) is 4.39 Å². The van der Waals surface area contributed by atoms with Crippen molar-refractivity contribution in [2.75, 3.05) is 5.75 Å². The Morgan fingerprint density at radius 3 is 2.73 bits per heavy atom. The molecule has 3 aliphatic rings. The number of ketones is 1. The molecule has 0 bridgehead atoms. The Morgan fingerprint density at radius 2 is 1.96 bits per heavy atom. The maximum absolute atomic E-state index is 13.9. The average Bonchev–Trinajstić information content (AvgIpc) is 3.02. The van der Waals surface area contributed by atoms with E-state index in [9.17, 15) is 22.4 Å². The Bertz CT molecular complexity index is 840. The van der Waals surface area contributed by atoms with Crippen LogP contribution in [0.1, 0.15) is 42.7 Å². The number of hydrogen-bond acceptors (Lipinski definition) is 3. The van der Waals surface area contributed by atoms with E-state index in [0.717, 1.165) is 47.4 Å². The molecular weight excluding hydrogens is 366 g/mol. The molecule has 0 spiro atoms. The maximum atomic E-state index is 13.9. The SMILES string of the molecule is O=C1CCCC2=C1C(c1ccc(F)c(CC(F)(F)F)c1)C1=C(CCS1)N2. The Balaban J connectivity index is 1.81. The quantitative estimate of drug-likeness (QED) is 0.731. The van der Waals surface area contributed by atoms with Crippen molar-refractivity contribution in [2.45, 2.75) is 44.2 Å². The van der Waals surface area contributed by atoms with Gasteiger partial charge < -0.3 is 5.32 Å². The van der Waals surface area contributed by atoms with Gasteiger partial charge in [-0.2, -0.15) is 13.2 Å². The smallest absolute Gasteiger partial charge is 0.361 e. The Hall–Kier alpha value is -1.76. The molecule has 2 aliphatic heterocycles. The predicted octanol–water partition coefficient (Wildman–Crippen LogP) is 4.97. The lowest BCUT2D eigenvalue weighted by atomic mass is 9.79. The van der Waals surface area contributed by atoms with Crippen LogP contribution in [-0.2, 0) is 11.2 Å². The van der Waals surface area contributed by atoms with E-state index < -0.39 is 18.4 Å². The summed E-state index contributed by atoms with van der Waals surface area (Å²) in [6, 6.07) is 3.89. The van der Waals surface area contributed by atoms with Gasteiger partial charge in [0.25, 0.3) is 0 Å². The number of benzene rings is 1. The van der Waals surface area contributed by atoms with Crippen molar-refractivity contribution in [3.63, 3.8) is 0 Å². The molecule has 7 heteroatoms. The second-order valence-corrected chi connectivity index (χ2v) is 7.95. The van der Waals surface area contributed by atoms with Crippen LogP contribution in [0.15, 0.2) is 40.1 Å². The van der Waals surface area contributed by atoms with Crippen LogP contribution in [0.4, 0.5) is 17.6 Å². The highest BCUT2D eigenvalue weighted by Crippen LogP contribution is 2.50. The third-order valence-electron chi connectivity index (χ3n) is 5.01. The molecule has 138 valence electrons. The van der Waals surface area contributed by atoms with Gasteiger partial charge >= 0.3 is 6.18 Å². The van der Waals surface area contributed by atoms with E-state index in [2.05, 4.69) is 5.32 Å². The Kier molecular flexibility index (Phi) is 4.37. The lowest BCUT2D eigenvalue weighted by Crippen LogP contribution is -2.30. The highest BCUT2D eigenvalue weighted by atomic mass is 32.2. The van der Waals surface area contributed by atoms with Crippen molar-refractivity contribution in [3.8, 4) is 0 Å². The number of hydrogen-bond donors (Lipinski definition) is 1. The van der Waals surface area contributed by atoms with Gasteiger partial charge in [-0.05, 0) is 36.5 Å². The summed E-state index contributed by atoms with van der Waals surface area (Å²) in [6.07, 6.45) is -2.97. The van der Waals surface area contributed by atoms with Gasteiger partial charge in [-0.15, -0.1) is 11.8 Å². The van der Waals surface area contributed by atoms with Crippen LogP contribution in [0.5, 0.6) is 0 Å². The summed E-state index contributed by atoms with van der Waals surface area (Å²) in [4.78, 5) is 13.6. The average molecular weight is 383 g/mol. The number of thioether (sulfide) groups is 1. The first-order valence-corrected chi connectivity index (χ1v) is 9.56. The summed E-state index contributed by atoms with van der Waals surface area (Å²) in [5, 5.41) is 3.38. The molecule has 1 unspecified atom stereocenters. The van der Waals surface area contributed by atoms with Gasteiger partial charge in [0, 0.05) is 40.0 Å². The maximum Gasteiger partial charge on any atom is 0.393 e. The zero-order chi connectivity index (χ0) is 18.5. The lowest BCUT2D eigenvalue weighted by Gasteiger charge is -2.33. The number of dihydropyridines is 1. The van der Waals surface area contributed by atoms with Crippen LogP contribution in [0.25, 0.3) is 0 Å². The summed E-state index contributed by atoms with van der Waals surface area (Å²) in [5.41, 5.74) is 2.78. The fourth-order valence-corrected chi connectivity index (χ4v) is 5.21. The highest BCUT2D eigenvalue weighted by Gasteiger charge is 2.39. The van der Waals surface area contributed by atoms with E-state index in [-0.39, 0.29) is 17.3 Å². The normalized spacial score (nSPS) is 23.1. The molecule has 1 aromatic rings. The zero-order valence-corrected chi connectivity index (χ0v) is 14.7. The summed E-state index contributed by atoms with van der Waals surface area (Å²) < 4.78 is 52.3. The summed E-state index contributed by atoms with van der Waals surface area (Å²) >= 11 is 1.62. The number of alkyl halides is 3. The first kappa shape index (κ1) is 17.6. The number of nitrogens with one attached hydrogen (secondary N) is 1. The van der Waals surface area contributed by atoms with E-state index in [0.29, 0.717) is 17.6 Å². The molecule has 1 aromatic carbocycles. The largest absolute Gasteiger partial charge is 0.393 e. The van der Waals surface area contributed by atoms with Crippen molar-refractivity contribution >= 4 is 17.5 Å². The molecule has 0 aromatic heterocycles. The van der Waals surface area contributed by atoms with Gasteiger partial charge in [0.15, 0.2) is 5.78 Å². The third kappa shape index (κ3) is 3.17. The van der Waals surface area contributed by atoms with Crippen molar-refractivity contribution in [1.29, 1.82) is 0 Å². The van der Waals surface area contributed by atoms with E-state index >= 15 is 0 Å². The number of allylic oxidation sites excluding steroid dienone is 4. The molecular formula is C19H17F4NOS. The van der Waals surface area contributed by atoms with Crippen molar-refractivity contribution in [3.05, 3.63) is 57.0 Å². The molecule has 0 saturated carbocycles. The monoisotopic (exact) mass is 383 g/mol. The number of carbonyl (C=O) groups excluding carboxylic acids is 1. The first-order chi connectivity index (χ1) is 12.3. The molecule has 1 aliphatic carbocycles. The standard InChI is InChI=1S/C19H17F4NOS/c20-12-5-4-10(8-11(12)9-19(21,22)23)16-17-13(2-1-3-15(17)25)24-14-6-7-26-18(14)16/h4-5,8,16,24H,1-3,6-7,9H2. The third-order valence-corrected chi connectivity index (χ3v) is 6.21. The summed E-state index contributed by atoms with van der Waals surface area (Å²) in [5.74, 6) is -0.337. The molecule has 26 heavy (non-hydrogen) atoms. The van der Waals surface area contributed by atoms with Gasteiger partial charge in [-0.1, -0.05) is 12.1 Å². The highest BCUT2D eigenvalue weighted by molar-refractivity contribution is 8.03. The summed E-state index contributed by atoms with van der Waals surface area (Å²) in [7, 11) is 0. The predicted molar refractivity (Wildman–Crippen MR) is 92.0 cm³/mol. The topological polar surface area (TPSA) is 29.1 Å². The van der Waals surface area contributed by atoms with Crippen LogP contribution in [-0.4, -0.2) is 17.7 Å². The van der Waals surface area contributed by atoms with Crippen molar-refractivity contribution in [1.82, 2.24) is 5.32 Å². The molecule has 2 nitrogen and oxygen atoms in total. The van der Waals surface area contributed by atoms with Gasteiger partial charge in [0.1, 0.15) is 5.82 Å². The van der Waals surface area contributed by atoms with Crippen LogP contribution in [0, 0.1) is 5.82 Å². The van der Waals surface area contributed by atoms with Crippen LogP contribution >= 0.6 is 11.8 Å². The molecule has 0 saturated heterocycles.